The van der Waals surface area contributed by atoms with Gasteiger partial charge < -0.3 is 19.7 Å². The van der Waals surface area contributed by atoms with Crippen LogP contribution in [-0.4, -0.2) is 48.0 Å². The number of nitrogens with one attached hydrogen (secondary N) is 1. The van der Waals surface area contributed by atoms with Crippen molar-refractivity contribution in [2.24, 2.45) is 0 Å². The molecule has 1 aromatic rings. The van der Waals surface area contributed by atoms with Crippen molar-refractivity contribution in [3.63, 3.8) is 0 Å². The second-order valence-electron chi connectivity index (χ2n) is 7.04. The molecule has 1 aliphatic rings. The van der Waals surface area contributed by atoms with Gasteiger partial charge in [0.25, 0.3) is 0 Å². The van der Waals surface area contributed by atoms with Crippen LogP contribution in [0.3, 0.4) is 0 Å². The van der Waals surface area contributed by atoms with Gasteiger partial charge >= 0.3 is 12.2 Å². The number of hydrogen-bond donors (Lipinski definition) is 1. The lowest BCUT2D eigenvalue weighted by Gasteiger charge is -2.35. The molecule has 25 heavy (non-hydrogen) atoms. The summed E-state index contributed by atoms with van der Waals surface area (Å²) >= 11 is 0. The van der Waals surface area contributed by atoms with E-state index in [1.54, 1.807) is 20.8 Å². The molecule has 1 aromatic carbocycles. The van der Waals surface area contributed by atoms with E-state index in [4.69, 9.17) is 9.47 Å². The summed E-state index contributed by atoms with van der Waals surface area (Å²) in [6.45, 7) is 5.64. The molecule has 0 unspecified atom stereocenters. The average Bonchev–Trinajstić information content (AvgIpc) is 2.54. The Balaban J connectivity index is 1.86. The number of carbonyl (C=O) groups excluding carboxylic acids is 2. The molecule has 1 N–H and O–H groups in total. The van der Waals surface area contributed by atoms with Gasteiger partial charge in [-0.15, -0.1) is 0 Å². The fraction of sp³-hybridized carbons (Fsp3) is 0.556. The van der Waals surface area contributed by atoms with E-state index in [2.05, 4.69) is 5.32 Å². The molecule has 0 aliphatic carbocycles. The van der Waals surface area contributed by atoms with Crippen molar-refractivity contribution in [1.82, 2.24) is 10.2 Å². The maximum absolute atomic E-state index is 14.1. The summed E-state index contributed by atoms with van der Waals surface area (Å²) in [7, 11) is 0. The number of nitrogens with zero attached hydrogens (tertiary/aromatic N) is 1. The normalized spacial score (nSPS) is 20.7. The summed E-state index contributed by atoms with van der Waals surface area (Å²) in [6, 6.07) is 8.50. The van der Waals surface area contributed by atoms with Crippen LogP contribution in [0.25, 0.3) is 0 Å². The zero-order valence-electron chi connectivity index (χ0n) is 14.8. The van der Waals surface area contributed by atoms with Gasteiger partial charge in [-0.25, -0.2) is 14.0 Å². The molecular weight excluding hydrogens is 327 g/mol. The fourth-order valence-electron chi connectivity index (χ4n) is 2.49. The van der Waals surface area contributed by atoms with E-state index >= 15 is 0 Å². The molecule has 6 nitrogen and oxygen atoms in total. The third-order valence-corrected chi connectivity index (χ3v) is 3.69. The number of hydrogen-bond acceptors (Lipinski definition) is 4. The third kappa shape index (κ3) is 6.25. The van der Waals surface area contributed by atoms with Crippen molar-refractivity contribution in [3.05, 3.63) is 35.9 Å². The zero-order chi connectivity index (χ0) is 18.4. The van der Waals surface area contributed by atoms with Crippen molar-refractivity contribution in [3.8, 4) is 0 Å². The molecular formula is C18H25FN2O4. The van der Waals surface area contributed by atoms with Gasteiger partial charge in [0.1, 0.15) is 18.4 Å². The van der Waals surface area contributed by atoms with E-state index in [1.165, 1.54) is 4.90 Å². The van der Waals surface area contributed by atoms with Gasteiger partial charge in [-0.3, -0.25) is 0 Å². The smallest absolute Gasteiger partial charge is 0.410 e. The molecule has 0 bridgehead atoms. The number of carbonyl (C=O) groups is 2. The zero-order valence-corrected chi connectivity index (χ0v) is 14.8. The Morgan fingerprint density at radius 1 is 1.28 bits per heavy atom. The first-order valence-corrected chi connectivity index (χ1v) is 8.34. The van der Waals surface area contributed by atoms with Gasteiger partial charge in [0.15, 0.2) is 0 Å². The predicted molar refractivity (Wildman–Crippen MR) is 90.9 cm³/mol. The van der Waals surface area contributed by atoms with Crippen LogP contribution >= 0.6 is 0 Å². The van der Waals surface area contributed by atoms with Crippen molar-refractivity contribution in [1.29, 1.82) is 0 Å². The highest BCUT2D eigenvalue weighted by molar-refractivity contribution is 5.70. The molecule has 2 atom stereocenters. The molecule has 7 heteroatoms. The highest BCUT2D eigenvalue weighted by atomic mass is 19.1. The van der Waals surface area contributed by atoms with Gasteiger partial charge in [-0.05, 0) is 32.8 Å². The Hall–Kier alpha value is -2.31. The molecule has 0 saturated carbocycles. The van der Waals surface area contributed by atoms with Crippen LogP contribution in [0.2, 0.25) is 0 Å². The Morgan fingerprint density at radius 2 is 1.96 bits per heavy atom. The quantitative estimate of drug-likeness (QED) is 0.907. The number of alkyl carbamates (subject to hydrolysis) is 1. The summed E-state index contributed by atoms with van der Waals surface area (Å²) in [4.78, 5) is 25.4. The lowest BCUT2D eigenvalue weighted by atomic mass is 10.0. The summed E-state index contributed by atoms with van der Waals surface area (Å²) in [5.41, 5.74) is 0.207. The highest BCUT2D eigenvalue weighted by Crippen LogP contribution is 2.17. The van der Waals surface area contributed by atoms with Crippen LogP contribution in [0.15, 0.2) is 30.3 Å². The molecule has 2 rings (SSSR count). The van der Waals surface area contributed by atoms with Crippen molar-refractivity contribution in [2.45, 2.75) is 51.6 Å². The van der Waals surface area contributed by atoms with Gasteiger partial charge in [0.2, 0.25) is 0 Å². The minimum Gasteiger partial charge on any atom is -0.445 e. The second kappa shape index (κ2) is 8.18. The number of rotatable bonds is 3. The molecule has 1 fully saturated rings. The Kier molecular flexibility index (Phi) is 6.22. The lowest BCUT2D eigenvalue weighted by molar-refractivity contribution is 0.0353. The predicted octanol–water partition coefficient (Wildman–Crippen LogP) is 3.26. The maximum atomic E-state index is 14.1. The van der Waals surface area contributed by atoms with Crippen LogP contribution in [-0.2, 0) is 16.1 Å². The summed E-state index contributed by atoms with van der Waals surface area (Å²) in [5, 5.41) is 2.50. The van der Waals surface area contributed by atoms with E-state index in [-0.39, 0.29) is 26.1 Å². The van der Waals surface area contributed by atoms with Crippen molar-refractivity contribution < 1.29 is 23.5 Å². The van der Waals surface area contributed by atoms with E-state index in [1.807, 2.05) is 30.3 Å². The summed E-state index contributed by atoms with van der Waals surface area (Å²) in [6.07, 6.45) is -2.31. The third-order valence-electron chi connectivity index (χ3n) is 3.69. The largest absolute Gasteiger partial charge is 0.445 e. The standard InChI is InChI=1S/C18H25FN2O4/c1-18(2,3)25-16(22)20-15-11-21(10-9-14(15)19)17(23)24-12-13-7-5-4-6-8-13/h4-8,14-15H,9-12H2,1-3H3,(H,20,22)/t14-,15-/m0/s1. The topological polar surface area (TPSA) is 67.9 Å². The van der Waals surface area contributed by atoms with E-state index in [0.717, 1.165) is 5.56 Å². The molecule has 138 valence electrons. The van der Waals surface area contributed by atoms with Gasteiger partial charge in [-0.2, -0.15) is 0 Å². The van der Waals surface area contributed by atoms with Crippen LogP contribution in [0.1, 0.15) is 32.8 Å². The molecule has 1 aliphatic heterocycles. The number of likely N-dealkylation sites (tertiary alicyclic amines) is 1. The van der Waals surface area contributed by atoms with E-state index in [9.17, 15) is 14.0 Å². The molecule has 0 aromatic heterocycles. The Morgan fingerprint density at radius 3 is 2.60 bits per heavy atom. The number of amides is 2. The molecule has 1 saturated heterocycles. The number of alkyl halides is 1. The number of halogens is 1. The van der Waals surface area contributed by atoms with Gasteiger partial charge in [-0.1, -0.05) is 30.3 Å². The first kappa shape index (κ1) is 19.0. The van der Waals surface area contributed by atoms with Gasteiger partial charge in [0.05, 0.1) is 6.04 Å². The van der Waals surface area contributed by atoms with Gasteiger partial charge in [0, 0.05) is 13.1 Å². The van der Waals surface area contributed by atoms with Crippen LogP contribution in [0.5, 0.6) is 0 Å². The first-order chi connectivity index (χ1) is 11.7. The molecule has 0 spiro atoms. The van der Waals surface area contributed by atoms with Crippen molar-refractivity contribution in [2.75, 3.05) is 13.1 Å². The summed E-state index contributed by atoms with van der Waals surface area (Å²) < 4.78 is 24.5. The monoisotopic (exact) mass is 352 g/mol. The average molecular weight is 352 g/mol. The number of ether oxygens (including phenoxy) is 2. The first-order valence-electron chi connectivity index (χ1n) is 8.34. The number of piperidine rings is 1. The maximum Gasteiger partial charge on any atom is 0.410 e. The Bertz CT molecular complexity index is 588. The fourth-order valence-corrected chi connectivity index (χ4v) is 2.49. The highest BCUT2D eigenvalue weighted by Gasteiger charge is 2.34. The van der Waals surface area contributed by atoms with Crippen LogP contribution in [0, 0.1) is 0 Å². The van der Waals surface area contributed by atoms with Crippen molar-refractivity contribution >= 4 is 12.2 Å². The van der Waals surface area contributed by atoms with Crippen LogP contribution in [0.4, 0.5) is 14.0 Å². The SMILES string of the molecule is CC(C)(C)OC(=O)N[C@H]1CN(C(=O)OCc2ccccc2)CC[C@@H]1F. The Labute approximate surface area is 147 Å². The molecule has 2 amide bonds. The second-order valence-corrected chi connectivity index (χ2v) is 7.04. The summed E-state index contributed by atoms with van der Waals surface area (Å²) in [5.74, 6) is 0. The van der Waals surface area contributed by atoms with E-state index < -0.39 is 30.0 Å². The van der Waals surface area contributed by atoms with Crippen LogP contribution < -0.4 is 5.32 Å². The lowest BCUT2D eigenvalue weighted by Crippen LogP contribution is -2.55. The molecule has 1 heterocycles. The minimum absolute atomic E-state index is 0.0496. The minimum atomic E-state index is -1.23. The number of benzene rings is 1. The van der Waals surface area contributed by atoms with E-state index in [0.29, 0.717) is 0 Å². The molecule has 0 radical (unpaired) electrons.